The number of hydrogen-bond donors (Lipinski definition) is 3. The zero-order valence-corrected chi connectivity index (χ0v) is 6.76. The minimum absolute atomic E-state index is 0.399. The maximum Gasteiger partial charge on any atom is 0.378 e. The molecule has 0 saturated carbocycles. The average Bonchev–Trinajstić information content (AvgIpc) is 2.54. The lowest BCUT2D eigenvalue weighted by Crippen LogP contribution is -2.47. The predicted molar refractivity (Wildman–Crippen MR) is 38.1 cm³/mol. The number of rotatable bonds is 0. The molecule has 0 bridgehead atoms. The number of hydrogen-bond acceptors (Lipinski definition) is 7. The Kier molecular flexibility index (Phi) is 1.50. The molecule has 2 aliphatic heterocycles. The number of cyclic esters (lactones) is 1. The number of carbonyl (C=O) groups excluding carboxylic acids is 2. The summed E-state index contributed by atoms with van der Waals surface area (Å²) in [5, 5.41) is 27.6. The number of esters is 2. The van der Waals surface area contributed by atoms with Gasteiger partial charge in [-0.05, 0) is 0 Å². The molecule has 1 saturated heterocycles. The fourth-order valence-corrected chi connectivity index (χ4v) is 1.39. The number of ether oxygens (including phenoxy) is 2. The first-order chi connectivity index (χ1) is 6.50. The van der Waals surface area contributed by atoms with Crippen LogP contribution in [0.1, 0.15) is 0 Å². The molecule has 14 heavy (non-hydrogen) atoms. The predicted octanol–water partition coefficient (Wildman–Crippen LogP) is -1.47. The first-order valence-electron chi connectivity index (χ1n) is 3.71. The summed E-state index contributed by atoms with van der Waals surface area (Å²) < 4.78 is 8.82. The fraction of sp³-hybridized carbons (Fsp3) is 0.429. The third-order valence-electron chi connectivity index (χ3n) is 2.17. The average molecular weight is 202 g/mol. The Hall–Kier alpha value is -1.76. The second-order valence-electron chi connectivity index (χ2n) is 2.94. The quantitative estimate of drug-likeness (QED) is 0.411. The van der Waals surface area contributed by atoms with Crippen molar-refractivity contribution in [1.29, 1.82) is 0 Å². The van der Waals surface area contributed by atoms with Crippen molar-refractivity contribution in [2.75, 3.05) is 6.61 Å². The van der Waals surface area contributed by atoms with Gasteiger partial charge in [0.15, 0.2) is 0 Å². The van der Waals surface area contributed by atoms with Crippen LogP contribution in [0.5, 0.6) is 0 Å². The zero-order valence-electron chi connectivity index (χ0n) is 6.76. The van der Waals surface area contributed by atoms with E-state index in [0.717, 1.165) is 0 Å². The molecule has 7 nitrogen and oxygen atoms in total. The summed E-state index contributed by atoms with van der Waals surface area (Å²) in [4.78, 5) is 22.0. The summed E-state index contributed by atoms with van der Waals surface area (Å²) in [5.74, 6) is -4.44. The normalized spacial score (nSPS) is 36.5. The highest BCUT2D eigenvalue weighted by atomic mass is 16.6. The SMILES string of the molecule is O=C1O[C@@]2(C(=O)OC[C@@H]2O)C(O)=C1O. The highest BCUT2D eigenvalue weighted by Crippen LogP contribution is 2.37. The molecule has 0 aliphatic carbocycles. The second-order valence-corrected chi connectivity index (χ2v) is 2.94. The van der Waals surface area contributed by atoms with Gasteiger partial charge in [0.2, 0.25) is 11.5 Å². The Bertz CT molecular complexity index is 357. The van der Waals surface area contributed by atoms with Gasteiger partial charge in [0, 0.05) is 0 Å². The van der Waals surface area contributed by atoms with Gasteiger partial charge in [-0.15, -0.1) is 0 Å². The molecular formula is C7H6O7. The van der Waals surface area contributed by atoms with E-state index in [1.807, 2.05) is 0 Å². The van der Waals surface area contributed by atoms with Gasteiger partial charge in [-0.3, -0.25) is 0 Å². The minimum Gasteiger partial charge on any atom is -0.504 e. The van der Waals surface area contributed by atoms with E-state index in [-0.39, 0.29) is 0 Å². The van der Waals surface area contributed by atoms with Crippen LogP contribution in [0.3, 0.4) is 0 Å². The molecule has 0 unspecified atom stereocenters. The van der Waals surface area contributed by atoms with E-state index < -0.39 is 41.8 Å². The van der Waals surface area contributed by atoms with Gasteiger partial charge < -0.3 is 24.8 Å². The van der Waals surface area contributed by atoms with Gasteiger partial charge in [-0.1, -0.05) is 0 Å². The molecule has 76 valence electrons. The Morgan fingerprint density at radius 3 is 2.36 bits per heavy atom. The van der Waals surface area contributed by atoms with Crippen molar-refractivity contribution in [3.05, 3.63) is 11.5 Å². The molecule has 2 aliphatic rings. The molecule has 1 spiro atoms. The molecule has 1 fully saturated rings. The maximum absolute atomic E-state index is 11.1. The summed E-state index contributed by atoms with van der Waals surface area (Å²) >= 11 is 0. The molecule has 0 amide bonds. The van der Waals surface area contributed by atoms with Crippen LogP contribution >= 0.6 is 0 Å². The van der Waals surface area contributed by atoms with Crippen molar-refractivity contribution in [2.45, 2.75) is 11.7 Å². The van der Waals surface area contributed by atoms with E-state index in [4.69, 9.17) is 5.11 Å². The largest absolute Gasteiger partial charge is 0.504 e. The minimum atomic E-state index is -2.26. The van der Waals surface area contributed by atoms with Gasteiger partial charge >= 0.3 is 11.9 Å². The van der Waals surface area contributed by atoms with Crippen LogP contribution in [-0.4, -0.2) is 45.6 Å². The van der Waals surface area contributed by atoms with Crippen LogP contribution < -0.4 is 0 Å². The van der Waals surface area contributed by atoms with Crippen molar-refractivity contribution < 1.29 is 34.4 Å². The number of carbonyl (C=O) groups is 2. The van der Waals surface area contributed by atoms with Gasteiger partial charge in [-0.25, -0.2) is 9.59 Å². The van der Waals surface area contributed by atoms with E-state index >= 15 is 0 Å². The fourth-order valence-electron chi connectivity index (χ4n) is 1.39. The lowest BCUT2D eigenvalue weighted by molar-refractivity contribution is -0.169. The monoisotopic (exact) mass is 202 g/mol. The molecule has 0 radical (unpaired) electrons. The third kappa shape index (κ3) is 0.746. The van der Waals surface area contributed by atoms with Gasteiger partial charge in [0.25, 0.3) is 5.60 Å². The highest BCUT2D eigenvalue weighted by molar-refractivity contribution is 5.99. The first kappa shape index (κ1) is 8.82. The van der Waals surface area contributed by atoms with Crippen LogP contribution in [0.2, 0.25) is 0 Å². The number of aliphatic hydroxyl groups excluding tert-OH is 3. The van der Waals surface area contributed by atoms with E-state index in [9.17, 15) is 19.8 Å². The van der Waals surface area contributed by atoms with Crippen LogP contribution in [0.4, 0.5) is 0 Å². The van der Waals surface area contributed by atoms with E-state index in [1.54, 1.807) is 0 Å². The Labute approximate surface area is 77.2 Å². The third-order valence-corrected chi connectivity index (χ3v) is 2.17. The molecule has 0 aromatic rings. The van der Waals surface area contributed by atoms with Crippen molar-refractivity contribution in [1.82, 2.24) is 0 Å². The summed E-state index contributed by atoms with van der Waals surface area (Å²) in [6.07, 6.45) is -1.51. The molecule has 7 heteroatoms. The van der Waals surface area contributed by atoms with Gasteiger partial charge in [0.1, 0.15) is 12.7 Å². The van der Waals surface area contributed by atoms with Gasteiger partial charge in [-0.2, -0.15) is 0 Å². The van der Waals surface area contributed by atoms with Gasteiger partial charge in [0.05, 0.1) is 0 Å². The lowest BCUT2D eigenvalue weighted by Gasteiger charge is -2.20. The highest BCUT2D eigenvalue weighted by Gasteiger charge is 2.65. The molecule has 0 aromatic heterocycles. The van der Waals surface area contributed by atoms with Crippen molar-refractivity contribution in [2.24, 2.45) is 0 Å². The Morgan fingerprint density at radius 2 is 2.00 bits per heavy atom. The second kappa shape index (κ2) is 2.38. The Balaban J connectivity index is 2.53. The van der Waals surface area contributed by atoms with Crippen molar-refractivity contribution >= 4 is 11.9 Å². The summed E-state index contributed by atoms with van der Waals surface area (Å²) in [7, 11) is 0. The van der Waals surface area contributed by atoms with Crippen LogP contribution in [0, 0.1) is 0 Å². The molecule has 2 heterocycles. The summed E-state index contributed by atoms with van der Waals surface area (Å²) in [6, 6.07) is 0. The van der Waals surface area contributed by atoms with E-state index in [1.165, 1.54) is 0 Å². The summed E-state index contributed by atoms with van der Waals surface area (Å²) in [6.45, 7) is -0.399. The molecular weight excluding hydrogens is 196 g/mol. The Morgan fingerprint density at radius 1 is 1.36 bits per heavy atom. The first-order valence-corrected chi connectivity index (χ1v) is 3.71. The topological polar surface area (TPSA) is 113 Å². The van der Waals surface area contributed by atoms with Crippen LogP contribution in [-0.2, 0) is 19.1 Å². The molecule has 3 N–H and O–H groups in total. The van der Waals surface area contributed by atoms with Crippen molar-refractivity contribution in [3.8, 4) is 0 Å². The molecule has 0 aromatic carbocycles. The number of aliphatic hydroxyl groups is 3. The smallest absolute Gasteiger partial charge is 0.378 e. The molecule has 2 rings (SSSR count). The van der Waals surface area contributed by atoms with E-state index in [2.05, 4.69) is 9.47 Å². The summed E-state index contributed by atoms with van der Waals surface area (Å²) in [5.41, 5.74) is -2.26. The zero-order chi connectivity index (χ0) is 10.5. The standard InChI is InChI=1S/C7H6O7/c8-2-1-13-6(12)7(2)4(10)3(9)5(11)14-7/h2,8-10H,1H2/t2-,7+/m0/s1. The molecule has 2 atom stereocenters. The van der Waals surface area contributed by atoms with E-state index in [0.29, 0.717) is 0 Å². The maximum atomic E-state index is 11.1. The van der Waals surface area contributed by atoms with Crippen molar-refractivity contribution in [3.63, 3.8) is 0 Å². The van der Waals surface area contributed by atoms with Crippen LogP contribution in [0.15, 0.2) is 11.5 Å². The lowest BCUT2D eigenvalue weighted by atomic mass is 9.98. The van der Waals surface area contributed by atoms with Crippen LogP contribution in [0.25, 0.3) is 0 Å².